The minimum atomic E-state index is -0.0577. The molecule has 0 spiro atoms. The Morgan fingerprint density at radius 2 is 1.92 bits per heavy atom. The number of aromatic nitrogens is 2. The van der Waals surface area contributed by atoms with Crippen LogP contribution in [0.5, 0.6) is 0 Å². The fourth-order valence-corrected chi connectivity index (χ4v) is 2.99. The number of methoxy groups -OCH3 is 1. The van der Waals surface area contributed by atoms with Gasteiger partial charge in [0, 0.05) is 32.7 Å². The molecule has 5 heteroatoms. The third-order valence-corrected chi connectivity index (χ3v) is 4.30. The second-order valence-corrected chi connectivity index (χ2v) is 6.03. The number of carbonyl (C=O) groups is 1. The van der Waals surface area contributed by atoms with Crippen molar-refractivity contribution >= 4 is 16.9 Å². The van der Waals surface area contributed by atoms with E-state index >= 15 is 0 Å². The standard InChI is InChI=1S/C20H23N3O2/c1-23-18-11-6-5-10-17(18)22-19(23)12-7-13-21-20(24)16-9-4-3-8-15(16)14-25-2/h3-6,8-11H,7,12-14H2,1-2H3,(H,21,24). The molecule has 25 heavy (non-hydrogen) atoms. The van der Waals surface area contributed by atoms with Gasteiger partial charge < -0.3 is 14.6 Å². The Morgan fingerprint density at radius 3 is 2.72 bits per heavy atom. The molecule has 130 valence electrons. The van der Waals surface area contributed by atoms with Gasteiger partial charge in [-0.05, 0) is 30.2 Å². The topological polar surface area (TPSA) is 56.1 Å². The van der Waals surface area contributed by atoms with E-state index in [9.17, 15) is 4.79 Å². The Bertz CT molecular complexity index is 870. The predicted octanol–water partition coefficient (Wildman–Crippen LogP) is 3.08. The Kier molecular flexibility index (Phi) is 5.46. The smallest absolute Gasteiger partial charge is 0.251 e. The molecule has 1 N–H and O–H groups in total. The van der Waals surface area contributed by atoms with E-state index in [0.29, 0.717) is 18.7 Å². The number of amides is 1. The number of aryl methyl sites for hydroxylation is 2. The largest absolute Gasteiger partial charge is 0.380 e. The molecule has 0 bridgehead atoms. The number of benzene rings is 2. The summed E-state index contributed by atoms with van der Waals surface area (Å²) in [6.07, 6.45) is 1.67. The summed E-state index contributed by atoms with van der Waals surface area (Å²) in [6.45, 7) is 1.05. The van der Waals surface area contributed by atoms with E-state index in [-0.39, 0.29) is 5.91 Å². The van der Waals surface area contributed by atoms with Crippen molar-refractivity contribution in [2.24, 2.45) is 7.05 Å². The van der Waals surface area contributed by atoms with Gasteiger partial charge in [0.2, 0.25) is 0 Å². The zero-order chi connectivity index (χ0) is 17.6. The van der Waals surface area contributed by atoms with E-state index in [1.165, 1.54) is 0 Å². The van der Waals surface area contributed by atoms with Gasteiger partial charge in [-0.3, -0.25) is 4.79 Å². The van der Waals surface area contributed by atoms with Crippen LogP contribution in [0.15, 0.2) is 48.5 Å². The van der Waals surface area contributed by atoms with Gasteiger partial charge in [-0.15, -0.1) is 0 Å². The van der Waals surface area contributed by atoms with Crippen LogP contribution in [0.4, 0.5) is 0 Å². The molecule has 0 aliphatic heterocycles. The van der Waals surface area contributed by atoms with E-state index in [1.54, 1.807) is 7.11 Å². The number of hydrogen-bond donors (Lipinski definition) is 1. The minimum absolute atomic E-state index is 0.0577. The summed E-state index contributed by atoms with van der Waals surface area (Å²) < 4.78 is 7.27. The SMILES string of the molecule is COCc1ccccc1C(=O)NCCCc1nc2ccccc2n1C. The molecule has 0 aliphatic rings. The summed E-state index contributed by atoms with van der Waals surface area (Å²) in [7, 11) is 3.66. The predicted molar refractivity (Wildman–Crippen MR) is 98.5 cm³/mol. The van der Waals surface area contributed by atoms with E-state index in [1.807, 2.05) is 49.5 Å². The zero-order valence-corrected chi connectivity index (χ0v) is 14.7. The fourth-order valence-electron chi connectivity index (χ4n) is 2.99. The van der Waals surface area contributed by atoms with Crippen molar-refractivity contribution in [1.29, 1.82) is 0 Å². The molecule has 0 aliphatic carbocycles. The highest BCUT2D eigenvalue weighted by molar-refractivity contribution is 5.95. The summed E-state index contributed by atoms with van der Waals surface area (Å²) >= 11 is 0. The fraction of sp³-hybridized carbons (Fsp3) is 0.300. The molecule has 5 nitrogen and oxygen atoms in total. The molecule has 3 rings (SSSR count). The third kappa shape index (κ3) is 3.88. The van der Waals surface area contributed by atoms with Gasteiger partial charge in [0.25, 0.3) is 5.91 Å². The van der Waals surface area contributed by atoms with E-state index < -0.39 is 0 Å². The summed E-state index contributed by atoms with van der Waals surface area (Å²) in [5, 5.41) is 2.99. The lowest BCUT2D eigenvalue weighted by molar-refractivity contribution is 0.0948. The first-order valence-corrected chi connectivity index (χ1v) is 8.46. The Balaban J connectivity index is 1.56. The van der Waals surface area contributed by atoms with Crippen LogP contribution in [0.2, 0.25) is 0 Å². The van der Waals surface area contributed by atoms with Gasteiger partial charge in [-0.1, -0.05) is 30.3 Å². The van der Waals surface area contributed by atoms with Gasteiger partial charge >= 0.3 is 0 Å². The van der Waals surface area contributed by atoms with Crippen molar-refractivity contribution in [3.8, 4) is 0 Å². The molecular weight excluding hydrogens is 314 g/mol. The quantitative estimate of drug-likeness (QED) is 0.674. The van der Waals surface area contributed by atoms with Crippen molar-refractivity contribution in [2.45, 2.75) is 19.4 Å². The van der Waals surface area contributed by atoms with Crippen LogP contribution < -0.4 is 5.32 Å². The number of hydrogen-bond acceptors (Lipinski definition) is 3. The van der Waals surface area contributed by atoms with E-state index in [2.05, 4.69) is 20.9 Å². The normalized spacial score (nSPS) is 11.0. The van der Waals surface area contributed by atoms with Crippen LogP contribution in [-0.4, -0.2) is 29.1 Å². The summed E-state index contributed by atoms with van der Waals surface area (Å²) in [5.74, 6) is 0.980. The lowest BCUT2D eigenvalue weighted by atomic mass is 10.1. The van der Waals surface area contributed by atoms with Crippen molar-refractivity contribution < 1.29 is 9.53 Å². The summed E-state index contributed by atoms with van der Waals surface area (Å²) in [6, 6.07) is 15.6. The Labute approximate surface area is 147 Å². The first kappa shape index (κ1) is 17.2. The van der Waals surface area contributed by atoms with Gasteiger partial charge in [-0.25, -0.2) is 4.98 Å². The maximum absolute atomic E-state index is 12.4. The molecule has 0 saturated carbocycles. The van der Waals surface area contributed by atoms with Gasteiger partial charge in [-0.2, -0.15) is 0 Å². The van der Waals surface area contributed by atoms with Crippen LogP contribution in [0.25, 0.3) is 11.0 Å². The first-order valence-electron chi connectivity index (χ1n) is 8.46. The molecule has 0 unspecified atom stereocenters. The maximum atomic E-state index is 12.4. The van der Waals surface area contributed by atoms with Gasteiger partial charge in [0.1, 0.15) is 5.82 Å². The van der Waals surface area contributed by atoms with Crippen LogP contribution in [0.1, 0.15) is 28.2 Å². The molecule has 2 aromatic carbocycles. The number of nitrogens with zero attached hydrogens (tertiary/aromatic N) is 2. The summed E-state index contributed by atoms with van der Waals surface area (Å²) in [4.78, 5) is 17.0. The Hall–Kier alpha value is -2.66. The van der Waals surface area contributed by atoms with E-state index in [4.69, 9.17) is 4.74 Å². The molecule has 1 amide bonds. The zero-order valence-electron chi connectivity index (χ0n) is 14.7. The second-order valence-electron chi connectivity index (χ2n) is 6.03. The third-order valence-electron chi connectivity index (χ3n) is 4.30. The number of carbonyl (C=O) groups excluding carboxylic acids is 1. The maximum Gasteiger partial charge on any atom is 0.251 e. The second kappa shape index (κ2) is 7.94. The average Bonchev–Trinajstić information content (AvgIpc) is 2.96. The van der Waals surface area contributed by atoms with Crippen molar-refractivity contribution in [3.63, 3.8) is 0 Å². The molecular formula is C20H23N3O2. The highest BCUT2D eigenvalue weighted by Crippen LogP contribution is 2.15. The highest BCUT2D eigenvalue weighted by atomic mass is 16.5. The number of imidazole rings is 1. The molecule has 0 radical (unpaired) electrons. The number of fused-ring (bicyclic) bond motifs is 1. The summed E-state index contributed by atoms with van der Waals surface area (Å²) in [5.41, 5.74) is 3.72. The van der Waals surface area contributed by atoms with Crippen molar-refractivity contribution in [3.05, 3.63) is 65.5 Å². The lowest BCUT2D eigenvalue weighted by Crippen LogP contribution is -2.26. The molecule has 0 fully saturated rings. The number of rotatable bonds is 7. The molecule has 0 atom stereocenters. The first-order chi connectivity index (χ1) is 12.2. The number of para-hydroxylation sites is 2. The number of ether oxygens (including phenoxy) is 1. The van der Waals surface area contributed by atoms with Gasteiger partial charge in [0.05, 0.1) is 17.6 Å². The average molecular weight is 337 g/mol. The lowest BCUT2D eigenvalue weighted by Gasteiger charge is -2.09. The number of nitrogens with one attached hydrogen (secondary N) is 1. The highest BCUT2D eigenvalue weighted by Gasteiger charge is 2.11. The van der Waals surface area contributed by atoms with Crippen LogP contribution in [0.3, 0.4) is 0 Å². The van der Waals surface area contributed by atoms with Gasteiger partial charge in [0.15, 0.2) is 0 Å². The molecule has 0 saturated heterocycles. The van der Waals surface area contributed by atoms with Crippen LogP contribution in [-0.2, 0) is 24.8 Å². The van der Waals surface area contributed by atoms with Crippen molar-refractivity contribution in [1.82, 2.24) is 14.9 Å². The van der Waals surface area contributed by atoms with Crippen LogP contribution in [0, 0.1) is 0 Å². The monoisotopic (exact) mass is 337 g/mol. The molecule has 3 aromatic rings. The minimum Gasteiger partial charge on any atom is -0.380 e. The molecule has 1 heterocycles. The van der Waals surface area contributed by atoms with E-state index in [0.717, 1.165) is 35.3 Å². The van der Waals surface area contributed by atoms with Crippen molar-refractivity contribution in [2.75, 3.05) is 13.7 Å². The Morgan fingerprint density at radius 1 is 1.16 bits per heavy atom. The molecule has 1 aromatic heterocycles. The van der Waals surface area contributed by atoms with Crippen LogP contribution >= 0.6 is 0 Å².